The van der Waals surface area contributed by atoms with Crippen molar-refractivity contribution in [1.82, 2.24) is 4.98 Å². The van der Waals surface area contributed by atoms with Crippen LogP contribution < -0.4 is 5.73 Å². The number of benzene rings is 1. The van der Waals surface area contributed by atoms with Crippen LogP contribution in [-0.2, 0) is 6.54 Å². The van der Waals surface area contributed by atoms with Gasteiger partial charge in [-0.3, -0.25) is 15.0 Å². The van der Waals surface area contributed by atoms with Gasteiger partial charge < -0.3 is 5.73 Å². The summed E-state index contributed by atoms with van der Waals surface area (Å²) in [6.45, 7) is 1.31. The molecule has 0 fully saturated rings. The topological polar surface area (TPSA) is 63.6 Å². The maximum atomic E-state index is 12.9. The van der Waals surface area contributed by atoms with Crippen molar-refractivity contribution in [3.05, 3.63) is 89.2 Å². The van der Waals surface area contributed by atoms with E-state index in [9.17, 15) is 4.39 Å². The Morgan fingerprint density at radius 1 is 1.23 bits per heavy atom. The number of pyridine rings is 1. The molecule has 1 aliphatic heterocycles. The summed E-state index contributed by atoms with van der Waals surface area (Å²) in [5, 5.41) is 0. The summed E-state index contributed by atoms with van der Waals surface area (Å²) in [6, 6.07) is 10.2. The Bertz CT molecular complexity index is 849. The first-order valence-corrected chi connectivity index (χ1v) is 8.58. The second-order valence-electron chi connectivity index (χ2n) is 6.03. The average Bonchev–Trinajstić information content (AvgIpc) is 2.68. The molecule has 0 atom stereocenters. The van der Waals surface area contributed by atoms with Crippen molar-refractivity contribution in [2.75, 3.05) is 6.54 Å². The van der Waals surface area contributed by atoms with Crippen molar-refractivity contribution in [1.29, 1.82) is 0 Å². The van der Waals surface area contributed by atoms with Crippen LogP contribution in [0.1, 0.15) is 24.0 Å². The van der Waals surface area contributed by atoms with Gasteiger partial charge in [-0.1, -0.05) is 12.1 Å². The zero-order valence-corrected chi connectivity index (χ0v) is 14.5. The standard InChI is InChI=1S/C21H21FN4/c22-19-7-5-16(6-8-19)14-25-12-9-20(23)13-17-3-2-11-26-21(17)18-4-1-10-24-15-18/h1,4-10,12-13,15H,2-3,11,14,23H2/b17-13+,20-9?,25-12?. The van der Waals surface area contributed by atoms with Gasteiger partial charge in [-0.15, -0.1) is 0 Å². The fraction of sp³-hybridized carbons (Fsp3) is 0.190. The van der Waals surface area contributed by atoms with Crippen LogP contribution in [-0.4, -0.2) is 23.5 Å². The van der Waals surface area contributed by atoms with Crippen LogP contribution in [0, 0.1) is 5.82 Å². The largest absolute Gasteiger partial charge is 0.399 e. The van der Waals surface area contributed by atoms with E-state index in [0.29, 0.717) is 12.2 Å². The molecule has 2 aromatic rings. The summed E-state index contributed by atoms with van der Waals surface area (Å²) in [6.07, 6.45) is 10.9. The van der Waals surface area contributed by atoms with E-state index in [1.807, 2.05) is 24.4 Å². The van der Waals surface area contributed by atoms with Gasteiger partial charge in [-0.05, 0) is 60.4 Å². The summed E-state index contributed by atoms with van der Waals surface area (Å²) in [7, 11) is 0. The first-order valence-electron chi connectivity index (χ1n) is 8.58. The summed E-state index contributed by atoms with van der Waals surface area (Å²) in [5.41, 5.74) is 10.8. The molecule has 0 spiro atoms. The third-order valence-corrected chi connectivity index (χ3v) is 4.01. The molecular formula is C21H21FN4. The van der Waals surface area contributed by atoms with E-state index < -0.39 is 0 Å². The highest BCUT2D eigenvalue weighted by atomic mass is 19.1. The molecule has 0 unspecified atom stereocenters. The zero-order chi connectivity index (χ0) is 18.2. The van der Waals surface area contributed by atoms with Crippen LogP contribution in [0.2, 0.25) is 0 Å². The van der Waals surface area contributed by atoms with Crippen molar-refractivity contribution in [3.63, 3.8) is 0 Å². The van der Waals surface area contributed by atoms with Crippen molar-refractivity contribution in [2.24, 2.45) is 15.7 Å². The summed E-state index contributed by atoms with van der Waals surface area (Å²) < 4.78 is 12.9. The molecule has 2 heterocycles. The molecule has 0 amide bonds. The average molecular weight is 348 g/mol. The van der Waals surface area contributed by atoms with Crippen LogP contribution in [0.4, 0.5) is 4.39 Å². The monoisotopic (exact) mass is 348 g/mol. The van der Waals surface area contributed by atoms with E-state index in [-0.39, 0.29) is 5.82 Å². The van der Waals surface area contributed by atoms with Crippen LogP contribution in [0.25, 0.3) is 0 Å². The number of allylic oxidation sites excluding steroid dienone is 3. The van der Waals surface area contributed by atoms with Gasteiger partial charge >= 0.3 is 0 Å². The lowest BCUT2D eigenvalue weighted by Gasteiger charge is -2.16. The van der Waals surface area contributed by atoms with E-state index in [4.69, 9.17) is 5.73 Å². The number of nitrogens with two attached hydrogens (primary N) is 1. The molecule has 5 heteroatoms. The Morgan fingerprint density at radius 2 is 2.08 bits per heavy atom. The molecule has 0 radical (unpaired) electrons. The number of aromatic nitrogens is 1. The Balaban J connectivity index is 1.68. The molecule has 3 rings (SSSR count). The lowest BCUT2D eigenvalue weighted by atomic mass is 9.96. The fourth-order valence-electron chi connectivity index (χ4n) is 2.74. The van der Waals surface area contributed by atoms with E-state index >= 15 is 0 Å². The molecule has 1 aromatic heterocycles. The number of hydrogen-bond donors (Lipinski definition) is 1. The maximum Gasteiger partial charge on any atom is 0.123 e. The van der Waals surface area contributed by atoms with Gasteiger partial charge in [0.2, 0.25) is 0 Å². The van der Waals surface area contributed by atoms with Gasteiger partial charge in [0.15, 0.2) is 0 Å². The molecule has 132 valence electrons. The van der Waals surface area contributed by atoms with Crippen LogP contribution >= 0.6 is 0 Å². The highest BCUT2D eigenvalue weighted by Crippen LogP contribution is 2.19. The maximum absolute atomic E-state index is 12.9. The first-order chi connectivity index (χ1) is 12.7. The Hall–Kier alpha value is -3.08. The lowest BCUT2D eigenvalue weighted by molar-refractivity contribution is 0.627. The predicted molar refractivity (Wildman–Crippen MR) is 104 cm³/mol. The molecule has 0 saturated heterocycles. The zero-order valence-electron chi connectivity index (χ0n) is 14.5. The van der Waals surface area contributed by atoms with Crippen molar-refractivity contribution in [2.45, 2.75) is 19.4 Å². The van der Waals surface area contributed by atoms with Gasteiger partial charge in [0.25, 0.3) is 0 Å². The van der Waals surface area contributed by atoms with Gasteiger partial charge in [-0.25, -0.2) is 4.39 Å². The third kappa shape index (κ3) is 4.96. The number of aliphatic imine (C=N–C) groups is 2. The van der Waals surface area contributed by atoms with Crippen LogP contribution in [0.5, 0.6) is 0 Å². The van der Waals surface area contributed by atoms with E-state index in [1.54, 1.807) is 30.6 Å². The minimum Gasteiger partial charge on any atom is -0.399 e. The van der Waals surface area contributed by atoms with Crippen molar-refractivity contribution in [3.8, 4) is 0 Å². The Kier molecular flexibility index (Phi) is 6.04. The van der Waals surface area contributed by atoms with Gasteiger partial charge in [-0.2, -0.15) is 0 Å². The first kappa shape index (κ1) is 17.7. The third-order valence-electron chi connectivity index (χ3n) is 4.01. The highest BCUT2D eigenvalue weighted by molar-refractivity contribution is 6.13. The number of rotatable bonds is 5. The number of halogens is 1. The molecule has 0 aliphatic carbocycles. The summed E-state index contributed by atoms with van der Waals surface area (Å²) in [4.78, 5) is 13.1. The molecule has 1 aliphatic rings. The fourth-order valence-corrected chi connectivity index (χ4v) is 2.74. The van der Waals surface area contributed by atoms with Gasteiger partial charge in [0.05, 0.1) is 12.3 Å². The molecule has 4 nitrogen and oxygen atoms in total. The normalized spacial score (nSPS) is 16.9. The van der Waals surface area contributed by atoms with Crippen molar-refractivity contribution < 1.29 is 4.39 Å². The minimum atomic E-state index is -0.243. The smallest absolute Gasteiger partial charge is 0.123 e. The lowest BCUT2D eigenvalue weighted by Crippen LogP contribution is -2.13. The Morgan fingerprint density at radius 3 is 2.85 bits per heavy atom. The molecule has 0 bridgehead atoms. The second kappa shape index (κ2) is 8.85. The van der Waals surface area contributed by atoms with Gasteiger partial charge in [0, 0.05) is 36.4 Å². The molecule has 26 heavy (non-hydrogen) atoms. The van der Waals surface area contributed by atoms with Gasteiger partial charge in [0.1, 0.15) is 5.82 Å². The highest BCUT2D eigenvalue weighted by Gasteiger charge is 2.14. The van der Waals surface area contributed by atoms with E-state index in [1.165, 1.54) is 12.1 Å². The summed E-state index contributed by atoms with van der Waals surface area (Å²) >= 11 is 0. The SMILES string of the molecule is NC(=CC=NCc1ccc(F)cc1)/C=C1\CCCN=C1c1cccnc1. The summed E-state index contributed by atoms with van der Waals surface area (Å²) in [5.74, 6) is -0.243. The van der Waals surface area contributed by atoms with E-state index in [0.717, 1.165) is 41.8 Å². The number of hydrogen-bond acceptors (Lipinski definition) is 4. The van der Waals surface area contributed by atoms with E-state index in [2.05, 4.69) is 15.0 Å². The minimum absolute atomic E-state index is 0.243. The van der Waals surface area contributed by atoms with Crippen LogP contribution in [0.15, 0.2) is 82.2 Å². The molecule has 2 N–H and O–H groups in total. The quantitative estimate of drug-likeness (QED) is 0.834. The second-order valence-corrected chi connectivity index (χ2v) is 6.03. The molecular weight excluding hydrogens is 327 g/mol. The molecule has 1 aromatic carbocycles. The van der Waals surface area contributed by atoms with Crippen LogP contribution in [0.3, 0.4) is 0 Å². The van der Waals surface area contributed by atoms with Crippen molar-refractivity contribution >= 4 is 11.9 Å². The molecule has 0 saturated carbocycles. The number of nitrogens with zero attached hydrogens (tertiary/aromatic N) is 3. The Labute approximate surface area is 152 Å². The predicted octanol–water partition coefficient (Wildman–Crippen LogP) is 3.84.